The van der Waals surface area contributed by atoms with Gasteiger partial charge in [-0.3, -0.25) is 9.59 Å². The maximum Gasteiger partial charge on any atom is 0.225 e. The van der Waals surface area contributed by atoms with E-state index in [-0.39, 0.29) is 24.3 Å². The monoisotopic (exact) mass is 256 g/mol. The average molecular weight is 256 g/mol. The molecule has 1 atom stereocenters. The molecule has 0 radical (unpaired) electrons. The van der Waals surface area contributed by atoms with Gasteiger partial charge in [-0.25, -0.2) is 0 Å². The third-order valence-corrected chi connectivity index (χ3v) is 3.91. The van der Waals surface area contributed by atoms with Crippen LogP contribution in [0.5, 0.6) is 0 Å². The van der Waals surface area contributed by atoms with Gasteiger partial charge in [-0.05, 0) is 19.3 Å². The Morgan fingerprint density at radius 1 is 1.39 bits per heavy atom. The van der Waals surface area contributed by atoms with Crippen LogP contribution < -0.4 is 5.32 Å². The first-order valence-corrected chi connectivity index (χ1v) is 6.67. The van der Waals surface area contributed by atoms with E-state index < -0.39 is 5.60 Å². The zero-order chi connectivity index (χ0) is 13.8. The lowest BCUT2D eigenvalue weighted by molar-refractivity contribution is -0.129. The molecule has 0 aromatic rings. The molecular weight excluding hydrogens is 232 g/mol. The molecule has 5 nitrogen and oxygen atoms in total. The molecule has 0 spiro atoms. The first-order valence-electron chi connectivity index (χ1n) is 6.67. The van der Waals surface area contributed by atoms with Crippen LogP contribution in [-0.2, 0) is 9.59 Å². The molecule has 0 aliphatic carbocycles. The molecule has 1 saturated heterocycles. The number of aliphatic hydroxyl groups is 1. The molecule has 2 N–H and O–H groups in total. The zero-order valence-electron chi connectivity index (χ0n) is 11.5. The van der Waals surface area contributed by atoms with Crippen LogP contribution in [0.2, 0.25) is 0 Å². The summed E-state index contributed by atoms with van der Waals surface area (Å²) in [5.74, 6) is -0.171. The molecule has 18 heavy (non-hydrogen) atoms. The summed E-state index contributed by atoms with van der Waals surface area (Å²) in [6, 6.07) is 0. The lowest BCUT2D eigenvalue weighted by Crippen LogP contribution is -2.44. The Labute approximate surface area is 109 Å². The summed E-state index contributed by atoms with van der Waals surface area (Å²) in [5.41, 5.74) is -0.811. The molecule has 1 rings (SSSR count). The maximum atomic E-state index is 11.9. The molecule has 1 aliphatic rings. The highest BCUT2D eigenvalue weighted by Crippen LogP contribution is 2.17. The number of amides is 2. The van der Waals surface area contributed by atoms with Gasteiger partial charge in [0.2, 0.25) is 11.8 Å². The third-order valence-electron chi connectivity index (χ3n) is 3.91. The summed E-state index contributed by atoms with van der Waals surface area (Å²) in [5, 5.41) is 12.9. The van der Waals surface area contributed by atoms with E-state index in [4.69, 9.17) is 0 Å². The van der Waals surface area contributed by atoms with Crippen LogP contribution in [-0.4, -0.2) is 47.1 Å². The van der Waals surface area contributed by atoms with E-state index in [9.17, 15) is 14.7 Å². The van der Waals surface area contributed by atoms with Crippen molar-refractivity contribution in [1.82, 2.24) is 10.2 Å². The van der Waals surface area contributed by atoms with Crippen LogP contribution in [0.15, 0.2) is 0 Å². The van der Waals surface area contributed by atoms with Crippen LogP contribution in [0.25, 0.3) is 0 Å². The van der Waals surface area contributed by atoms with Gasteiger partial charge in [0.15, 0.2) is 0 Å². The van der Waals surface area contributed by atoms with E-state index >= 15 is 0 Å². The first-order chi connectivity index (χ1) is 8.41. The summed E-state index contributed by atoms with van der Waals surface area (Å²) in [6.07, 6.45) is 1.95. The molecule has 1 aliphatic heterocycles. The number of carbonyl (C=O) groups excluding carboxylic acids is 2. The molecule has 0 aromatic heterocycles. The van der Waals surface area contributed by atoms with Crippen molar-refractivity contribution in [2.45, 2.75) is 45.6 Å². The molecular formula is C13H24N2O3. The Morgan fingerprint density at radius 2 is 2.00 bits per heavy atom. The molecule has 104 valence electrons. The molecule has 1 unspecified atom stereocenters. The maximum absolute atomic E-state index is 11.9. The van der Waals surface area contributed by atoms with E-state index in [1.54, 1.807) is 4.90 Å². The van der Waals surface area contributed by atoms with Gasteiger partial charge in [0.05, 0.1) is 11.5 Å². The van der Waals surface area contributed by atoms with Crippen molar-refractivity contribution in [3.05, 3.63) is 0 Å². The minimum atomic E-state index is -0.811. The molecule has 2 amide bonds. The van der Waals surface area contributed by atoms with Gasteiger partial charge in [-0.2, -0.15) is 0 Å². The van der Waals surface area contributed by atoms with Crippen LogP contribution in [0, 0.1) is 5.92 Å². The van der Waals surface area contributed by atoms with Crippen molar-refractivity contribution in [3.8, 4) is 0 Å². The number of carbonyl (C=O) groups is 2. The summed E-state index contributed by atoms with van der Waals surface area (Å²) < 4.78 is 0. The van der Waals surface area contributed by atoms with E-state index in [2.05, 4.69) is 5.32 Å². The van der Waals surface area contributed by atoms with Crippen LogP contribution in [0.3, 0.4) is 0 Å². The molecule has 0 saturated carbocycles. The Hall–Kier alpha value is -1.10. The zero-order valence-corrected chi connectivity index (χ0v) is 11.5. The SMILES string of the molecule is CCC(O)(CC)CNC(=O)C1CCN(C(C)=O)C1. The third kappa shape index (κ3) is 3.70. The fourth-order valence-corrected chi connectivity index (χ4v) is 2.16. The van der Waals surface area contributed by atoms with Crippen LogP contribution in [0.4, 0.5) is 0 Å². The lowest BCUT2D eigenvalue weighted by Gasteiger charge is -2.26. The normalized spacial score (nSPS) is 20.0. The highest BCUT2D eigenvalue weighted by molar-refractivity contribution is 5.81. The van der Waals surface area contributed by atoms with E-state index in [0.717, 1.165) is 0 Å². The Bertz CT molecular complexity index is 313. The Balaban J connectivity index is 2.41. The van der Waals surface area contributed by atoms with E-state index in [1.165, 1.54) is 6.92 Å². The van der Waals surface area contributed by atoms with Crippen molar-refractivity contribution < 1.29 is 14.7 Å². The summed E-state index contributed by atoms with van der Waals surface area (Å²) in [7, 11) is 0. The second-order valence-electron chi connectivity index (χ2n) is 5.10. The molecule has 5 heteroatoms. The van der Waals surface area contributed by atoms with Gasteiger partial charge in [-0.15, -0.1) is 0 Å². The number of nitrogens with one attached hydrogen (secondary N) is 1. The molecule has 0 aromatic carbocycles. The van der Waals surface area contributed by atoms with Gasteiger partial charge < -0.3 is 15.3 Å². The topological polar surface area (TPSA) is 69.6 Å². The number of hydrogen-bond donors (Lipinski definition) is 2. The van der Waals surface area contributed by atoms with Crippen molar-refractivity contribution in [3.63, 3.8) is 0 Å². The number of hydrogen-bond acceptors (Lipinski definition) is 3. The minimum Gasteiger partial charge on any atom is -0.388 e. The van der Waals surface area contributed by atoms with Crippen molar-refractivity contribution in [2.24, 2.45) is 5.92 Å². The van der Waals surface area contributed by atoms with Gasteiger partial charge in [0.25, 0.3) is 0 Å². The second-order valence-corrected chi connectivity index (χ2v) is 5.10. The van der Waals surface area contributed by atoms with Gasteiger partial charge in [-0.1, -0.05) is 13.8 Å². The summed E-state index contributed by atoms with van der Waals surface area (Å²) in [4.78, 5) is 24.8. The van der Waals surface area contributed by atoms with E-state index in [0.29, 0.717) is 32.4 Å². The van der Waals surface area contributed by atoms with Gasteiger partial charge in [0.1, 0.15) is 0 Å². The fraction of sp³-hybridized carbons (Fsp3) is 0.846. The second kappa shape index (κ2) is 6.18. The fourth-order valence-electron chi connectivity index (χ4n) is 2.16. The largest absolute Gasteiger partial charge is 0.388 e. The molecule has 1 fully saturated rings. The van der Waals surface area contributed by atoms with Crippen LogP contribution >= 0.6 is 0 Å². The molecule has 1 heterocycles. The number of rotatable bonds is 5. The highest BCUT2D eigenvalue weighted by Gasteiger charge is 2.31. The standard InChI is InChI=1S/C13H24N2O3/c1-4-13(18,5-2)9-14-12(17)11-6-7-15(8-11)10(3)16/h11,18H,4-9H2,1-3H3,(H,14,17). The Kier molecular flexibility index (Phi) is 5.14. The highest BCUT2D eigenvalue weighted by atomic mass is 16.3. The summed E-state index contributed by atoms with van der Waals surface area (Å²) >= 11 is 0. The smallest absolute Gasteiger partial charge is 0.225 e. The van der Waals surface area contributed by atoms with E-state index in [1.807, 2.05) is 13.8 Å². The first kappa shape index (κ1) is 15.0. The number of likely N-dealkylation sites (tertiary alicyclic amines) is 1. The molecule has 0 bridgehead atoms. The minimum absolute atomic E-state index is 0.0175. The predicted octanol–water partition coefficient (Wildman–Crippen LogP) is 0.522. The lowest BCUT2D eigenvalue weighted by atomic mass is 9.97. The van der Waals surface area contributed by atoms with Crippen molar-refractivity contribution >= 4 is 11.8 Å². The predicted molar refractivity (Wildman–Crippen MR) is 68.9 cm³/mol. The summed E-state index contributed by atoms with van der Waals surface area (Å²) in [6.45, 7) is 6.77. The van der Waals surface area contributed by atoms with Crippen LogP contribution in [0.1, 0.15) is 40.0 Å². The van der Waals surface area contributed by atoms with Gasteiger partial charge >= 0.3 is 0 Å². The quantitative estimate of drug-likeness (QED) is 0.753. The van der Waals surface area contributed by atoms with Crippen molar-refractivity contribution in [2.75, 3.05) is 19.6 Å². The number of nitrogens with zero attached hydrogens (tertiary/aromatic N) is 1. The van der Waals surface area contributed by atoms with Gasteiger partial charge in [0, 0.05) is 26.6 Å². The van der Waals surface area contributed by atoms with Crippen molar-refractivity contribution in [1.29, 1.82) is 0 Å². The average Bonchev–Trinajstić information content (AvgIpc) is 2.85. The Morgan fingerprint density at radius 3 is 2.44 bits per heavy atom.